The van der Waals surface area contributed by atoms with Gasteiger partial charge in [0.1, 0.15) is 0 Å². The van der Waals surface area contributed by atoms with Gasteiger partial charge in [-0.3, -0.25) is 9.69 Å². The zero-order chi connectivity index (χ0) is 15.4. The highest BCUT2D eigenvalue weighted by atomic mass is 79.9. The molecule has 1 aromatic heterocycles. The van der Waals surface area contributed by atoms with Crippen molar-refractivity contribution >= 4 is 33.2 Å². The fourth-order valence-corrected chi connectivity index (χ4v) is 4.06. The van der Waals surface area contributed by atoms with Gasteiger partial charge in [-0.25, -0.2) is 0 Å². The number of carbonyl (C=O) groups is 1. The molecular weight excluding hydrogens is 350 g/mol. The molecule has 1 aliphatic heterocycles. The van der Waals surface area contributed by atoms with E-state index in [1.54, 1.807) is 0 Å². The van der Waals surface area contributed by atoms with E-state index in [4.69, 9.17) is 0 Å². The van der Waals surface area contributed by atoms with Crippen molar-refractivity contribution in [3.05, 3.63) is 20.3 Å². The normalized spacial score (nSPS) is 17.5. The van der Waals surface area contributed by atoms with Crippen LogP contribution in [0.2, 0.25) is 0 Å². The van der Waals surface area contributed by atoms with Gasteiger partial charge < -0.3 is 4.90 Å². The fraction of sp³-hybridized carbons (Fsp3) is 0.600. The third-order valence-corrected chi connectivity index (χ3v) is 5.95. The predicted octanol–water partition coefficient (Wildman–Crippen LogP) is 3.27. The Hall–Kier alpha value is -0.900. The second-order valence-corrected chi connectivity index (χ2v) is 7.70. The molecule has 4 nitrogen and oxygen atoms in total. The third-order valence-electron chi connectivity index (χ3n) is 3.82. The van der Waals surface area contributed by atoms with E-state index in [0.717, 1.165) is 40.2 Å². The number of piperazine rings is 1. The Morgan fingerprint density at radius 1 is 1.48 bits per heavy atom. The highest BCUT2D eigenvalue weighted by molar-refractivity contribution is 9.11. The lowest BCUT2D eigenvalue weighted by molar-refractivity contribution is 0.0606. The van der Waals surface area contributed by atoms with Gasteiger partial charge in [-0.05, 0) is 40.9 Å². The van der Waals surface area contributed by atoms with E-state index >= 15 is 0 Å². The highest BCUT2D eigenvalue weighted by Gasteiger charge is 2.27. The van der Waals surface area contributed by atoms with E-state index in [0.29, 0.717) is 13.1 Å². The van der Waals surface area contributed by atoms with Gasteiger partial charge in [-0.15, -0.1) is 11.3 Å². The Balaban J connectivity index is 1.94. The van der Waals surface area contributed by atoms with Crippen LogP contribution in [0.3, 0.4) is 0 Å². The molecule has 0 saturated carbocycles. The molecule has 2 rings (SSSR count). The molecule has 0 N–H and O–H groups in total. The monoisotopic (exact) mass is 369 g/mol. The molecule has 2 heterocycles. The van der Waals surface area contributed by atoms with Crippen molar-refractivity contribution in [2.75, 3.05) is 26.2 Å². The molecule has 1 unspecified atom stereocenters. The van der Waals surface area contributed by atoms with Crippen LogP contribution >= 0.6 is 27.3 Å². The number of hydrogen-bond donors (Lipinski definition) is 0. The van der Waals surface area contributed by atoms with Crippen molar-refractivity contribution in [1.29, 1.82) is 5.26 Å². The van der Waals surface area contributed by atoms with Crippen molar-refractivity contribution in [2.45, 2.75) is 32.7 Å². The van der Waals surface area contributed by atoms with Gasteiger partial charge in [0.25, 0.3) is 5.91 Å². The molecule has 1 fully saturated rings. The van der Waals surface area contributed by atoms with Gasteiger partial charge in [0.05, 0.1) is 20.8 Å². The SMILES string of the molecule is CCCC(C#N)N1CCN(C(=O)c2cc(C)c(Br)s2)CC1. The lowest BCUT2D eigenvalue weighted by atomic mass is 10.1. The molecule has 6 heteroatoms. The van der Waals surface area contributed by atoms with Gasteiger partial charge in [0.2, 0.25) is 0 Å². The number of halogens is 1. The minimum atomic E-state index is -0.00891. The summed E-state index contributed by atoms with van der Waals surface area (Å²) in [6.07, 6.45) is 1.92. The zero-order valence-electron chi connectivity index (χ0n) is 12.4. The first-order chi connectivity index (χ1) is 10.1. The van der Waals surface area contributed by atoms with E-state index in [1.807, 2.05) is 17.9 Å². The van der Waals surface area contributed by atoms with E-state index in [9.17, 15) is 10.1 Å². The average Bonchev–Trinajstić information content (AvgIpc) is 2.84. The Labute approximate surface area is 138 Å². The molecule has 0 radical (unpaired) electrons. The summed E-state index contributed by atoms with van der Waals surface area (Å²) in [7, 11) is 0. The van der Waals surface area contributed by atoms with Gasteiger partial charge >= 0.3 is 0 Å². The second kappa shape index (κ2) is 7.39. The number of nitriles is 1. The molecular formula is C15H20BrN3OS. The quantitative estimate of drug-likeness (QED) is 0.817. The van der Waals surface area contributed by atoms with Gasteiger partial charge in [0.15, 0.2) is 0 Å². The second-order valence-electron chi connectivity index (χ2n) is 5.33. The van der Waals surface area contributed by atoms with Crippen molar-refractivity contribution in [1.82, 2.24) is 9.80 Å². The number of carbonyl (C=O) groups excluding carboxylic acids is 1. The van der Waals surface area contributed by atoms with Crippen molar-refractivity contribution < 1.29 is 4.79 Å². The van der Waals surface area contributed by atoms with Crippen molar-refractivity contribution in [3.63, 3.8) is 0 Å². The lowest BCUT2D eigenvalue weighted by Gasteiger charge is -2.36. The molecule has 114 valence electrons. The van der Waals surface area contributed by atoms with Gasteiger partial charge in [-0.1, -0.05) is 13.3 Å². The topological polar surface area (TPSA) is 47.3 Å². The minimum Gasteiger partial charge on any atom is -0.335 e. The van der Waals surface area contributed by atoms with Crippen LogP contribution in [0.5, 0.6) is 0 Å². The largest absolute Gasteiger partial charge is 0.335 e. The summed E-state index contributed by atoms with van der Waals surface area (Å²) in [6.45, 7) is 7.08. The summed E-state index contributed by atoms with van der Waals surface area (Å²) in [6, 6.07) is 4.31. The molecule has 1 saturated heterocycles. The molecule has 0 spiro atoms. The highest BCUT2D eigenvalue weighted by Crippen LogP contribution is 2.28. The lowest BCUT2D eigenvalue weighted by Crippen LogP contribution is -2.51. The molecule has 1 aromatic rings. The van der Waals surface area contributed by atoms with Gasteiger partial charge in [0, 0.05) is 26.2 Å². The number of nitrogens with zero attached hydrogens (tertiary/aromatic N) is 3. The maximum Gasteiger partial charge on any atom is 0.264 e. The van der Waals surface area contributed by atoms with Crippen LogP contribution in [-0.2, 0) is 0 Å². The summed E-state index contributed by atoms with van der Waals surface area (Å²) in [5.74, 6) is 0.109. The average molecular weight is 370 g/mol. The van der Waals surface area contributed by atoms with Crippen molar-refractivity contribution in [2.24, 2.45) is 0 Å². The first kappa shape index (κ1) is 16.5. The summed E-state index contributed by atoms with van der Waals surface area (Å²) >= 11 is 4.96. The molecule has 0 bridgehead atoms. The number of amides is 1. The predicted molar refractivity (Wildman–Crippen MR) is 88.5 cm³/mol. The van der Waals surface area contributed by atoms with Crippen LogP contribution in [0.25, 0.3) is 0 Å². The smallest absolute Gasteiger partial charge is 0.264 e. The third kappa shape index (κ3) is 3.85. The van der Waals surface area contributed by atoms with Crippen LogP contribution in [0.1, 0.15) is 35.0 Å². The van der Waals surface area contributed by atoms with Gasteiger partial charge in [-0.2, -0.15) is 5.26 Å². The standard InChI is InChI=1S/C15H20BrN3OS/c1-3-4-12(10-17)18-5-7-19(8-6-18)15(20)13-9-11(2)14(16)21-13/h9,12H,3-8H2,1-2H3. The van der Waals surface area contributed by atoms with Crippen molar-refractivity contribution in [3.8, 4) is 6.07 Å². The van der Waals surface area contributed by atoms with E-state index in [-0.39, 0.29) is 11.9 Å². The van der Waals surface area contributed by atoms with Crippen LogP contribution in [0, 0.1) is 18.3 Å². The number of hydrogen-bond acceptors (Lipinski definition) is 4. The number of aryl methyl sites for hydroxylation is 1. The van der Waals surface area contributed by atoms with Crippen LogP contribution < -0.4 is 0 Å². The molecule has 1 amide bonds. The Morgan fingerprint density at radius 3 is 2.62 bits per heavy atom. The Kier molecular flexibility index (Phi) is 5.80. The summed E-state index contributed by atoms with van der Waals surface area (Å²) in [5, 5.41) is 9.22. The molecule has 1 atom stereocenters. The van der Waals surface area contributed by atoms with E-state index < -0.39 is 0 Å². The van der Waals surface area contributed by atoms with Crippen LogP contribution in [0.15, 0.2) is 9.85 Å². The molecule has 0 aliphatic carbocycles. The molecule has 21 heavy (non-hydrogen) atoms. The van der Waals surface area contributed by atoms with Crippen LogP contribution in [-0.4, -0.2) is 47.9 Å². The maximum absolute atomic E-state index is 12.5. The summed E-state index contributed by atoms with van der Waals surface area (Å²) in [4.78, 5) is 17.4. The molecule has 1 aliphatic rings. The first-order valence-electron chi connectivity index (χ1n) is 7.25. The molecule has 0 aromatic carbocycles. The Bertz CT molecular complexity index is 524. The maximum atomic E-state index is 12.5. The minimum absolute atomic E-state index is 0.00891. The number of rotatable bonds is 4. The first-order valence-corrected chi connectivity index (χ1v) is 8.86. The zero-order valence-corrected chi connectivity index (χ0v) is 14.8. The van der Waals surface area contributed by atoms with E-state index in [1.165, 1.54) is 11.3 Å². The number of thiophene rings is 1. The van der Waals surface area contributed by atoms with Crippen LogP contribution in [0.4, 0.5) is 0 Å². The van der Waals surface area contributed by atoms with E-state index in [2.05, 4.69) is 33.8 Å². The summed E-state index contributed by atoms with van der Waals surface area (Å²) in [5.41, 5.74) is 1.11. The Morgan fingerprint density at radius 2 is 2.14 bits per heavy atom. The fourth-order valence-electron chi connectivity index (χ4n) is 2.56. The summed E-state index contributed by atoms with van der Waals surface area (Å²) < 4.78 is 1.02.